The number of aryl methyl sites for hydroxylation is 1. The van der Waals surface area contributed by atoms with Crippen LogP contribution in [-0.4, -0.2) is 42.0 Å². The number of carbonyl (C=O) groups excluding carboxylic acids is 1. The molecular weight excluding hydrogens is 274 g/mol. The summed E-state index contributed by atoms with van der Waals surface area (Å²) < 4.78 is 5.54. The minimum absolute atomic E-state index is 0.0236. The summed E-state index contributed by atoms with van der Waals surface area (Å²) in [5.74, 6) is 1.54. The summed E-state index contributed by atoms with van der Waals surface area (Å²) in [4.78, 5) is 18.6. The van der Waals surface area contributed by atoms with Gasteiger partial charge in [0.1, 0.15) is 11.5 Å². The largest absolute Gasteiger partial charge is 0.459 e. The van der Waals surface area contributed by atoms with Gasteiger partial charge in [0.05, 0.1) is 0 Å². The molecule has 1 unspecified atom stereocenters. The van der Waals surface area contributed by atoms with Crippen LogP contribution in [0.2, 0.25) is 0 Å². The minimum Gasteiger partial charge on any atom is -0.459 e. The number of nitrogens with one attached hydrogen (secondary N) is 1. The van der Waals surface area contributed by atoms with E-state index in [2.05, 4.69) is 10.3 Å². The van der Waals surface area contributed by atoms with Gasteiger partial charge in [-0.15, -0.1) is 11.3 Å². The molecule has 1 saturated heterocycles. The molecule has 3 rings (SSSR count). The van der Waals surface area contributed by atoms with Gasteiger partial charge in [0.25, 0.3) is 5.91 Å². The number of likely N-dealkylation sites (N-methyl/N-ethyl adjacent to an activating group) is 1. The third-order valence-electron chi connectivity index (χ3n) is 3.58. The Morgan fingerprint density at radius 3 is 3.05 bits per heavy atom. The number of rotatable bonds is 3. The molecule has 1 amide bonds. The highest BCUT2D eigenvalue weighted by molar-refractivity contribution is 7.13. The number of thiazole rings is 1. The standard InChI is InChI=1S/C14H17N3O2S/c1-9-3-4-12(19-9)13-16-11(8-20-13)14(18)17(2)10-5-6-15-7-10/h3-4,8,10,15H,5-7H2,1-2H3. The molecule has 2 aromatic heterocycles. The van der Waals surface area contributed by atoms with E-state index in [1.54, 1.807) is 10.3 Å². The van der Waals surface area contributed by atoms with Crippen LogP contribution in [-0.2, 0) is 0 Å². The maximum atomic E-state index is 12.4. The molecule has 6 heteroatoms. The van der Waals surface area contributed by atoms with E-state index in [1.165, 1.54) is 11.3 Å². The molecule has 1 atom stereocenters. The summed E-state index contributed by atoms with van der Waals surface area (Å²) in [7, 11) is 1.84. The van der Waals surface area contributed by atoms with Crippen molar-refractivity contribution < 1.29 is 9.21 Å². The first kappa shape index (κ1) is 13.3. The lowest BCUT2D eigenvalue weighted by atomic mass is 10.2. The highest BCUT2D eigenvalue weighted by Crippen LogP contribution is 2.26. The molecule has 0 spiro atoms. The summed E-state index contributed by atoms with van der Waals surface area (Å²) in [6.07, 6.45) is 0.997. The highest BCUT2D eigenvalue weighted by Gasteiger charge is 2.25. The summed E-state index contributed by atoms with van der Waals surface area (Å²) in [5, 5.41) is 5.82. The second-order valence-corrected chi connectivity index (χ2v) is 5.87. The first-order chi connectivity index (χ1) is 9.65. The topological polar surface area (TPSA) is 58.4 Å². The molecule has 0 bridgehead atoms. The van der Waals surface area contributed by atoms with Gasteiger partial charge in [-0.25, -0.2) is 4.98 Å². The van der Waals surface area contributed by atoms with E-state index in [4.69, 9.17) is 4.42 Å². The first-order valence-corrected chi connectivity index (χ1v) is 7.53. The van der Waals surface area contributed by atoms with Crippen LogP contribution in [0.25, 0.3) is 10.8 Å². The SMILES string of the molecule is Cc1ccc(-c2nc(C(=O)N(C)C3CCNC3)cs2)o1. The minimum atomic E-state index is -0.0236. The van der Waals surface area contributed by atoms with E-state index in [9.17, 15) is 4.79 Å². The Morgan fingerprint density at radius 2 is 2.40 bits per heavy atom. The molecule has 1 aliphatic rings. The molecule has 2 aromatic rings. The Labute approximate surface area is 121 Å². The summed E-state index contributed by atoms with van der Waals surface area (Å²) in [5.41, 5.74) is 0.494. The van der Waals surface area contributed by atoms with Gasteiger partial charge in [-0.2, -0.15) is 0 Å². The second kappa shape index (κ2) is 5.38. The Kier molecular flexibility index (Phi) is 3.58. The highest BCUT2D eigenvalue weighted by atomic mass is 32.1. The molecule has 0 saturated carbocycles. The fraction of sp³-hybridized carbons (Fsp3) is 0.429. The smallest absolute Gasteiger partial charge is 0.273 e. The van der Waals surface area contributed by atoms with Gasteiger partial charge >= 0.3 is 0 Å². The Hall–Kier alpha value is -1.66. The van der Waals surface area contributed by atoms with Crippen molar-refractivity contribution in [1.29, 1.82) is 0 Å². The third kappa shape index (κ3) is 2.48. The maximum Gasteiger partial charge on any atom is 0.273 e. The van der Waals surface area contributed by atoms with E-state index in [0.29, 0.717) is 5.69 Å². The van der Waals surface area contributed by atoms with Crippen molar-refractivity contribution in [2.75, 3.05) is 20.1 Å². The molecule has 0 radical (unpaired) electrons. The quantitative estimate of drug-likeness (QED) is 0.941. The average molecular weight is 291 g/mol. The Morgan fingerprint density at radius 1 is 1.55 bits per heavy atom. The van der Waals surface area contributed by atoms with Crippen molar-refractivity contribution in [1.82, 2.24) is 15.2 Å². The van der Waals surface area contributed by atoms with Crippen molar-refractivity contribution in [3.8, 4) is 10.8 Å². The first-order valence-electron chi connectivity index (χ1n) is 6.65. The number of furan rings is 1. The average Bonchev–Trinajstić information content (AvgIpc) is 3.17. The number of carbonyl (C=O) groups is 1. The fourth-order valence-corrected chi connectivity index (χ4v) is 3.10. The Bertz CT molecular complexity index is 613. The van der Waals surface area contributed by atoms with Crippen LogP contribution in [0.5, 0.6) is 0 Å². The monoisotopic (exact) mass is 291 g/mol. The maximum absolute atomic E-state index is 12.4. The van der Waals surface area contributed by atoms with Gasteiger partial charge in [-0.05, 0) is 32.0 Å². The Balaban J connectivity index is 1.77. The zero-order valence-electron chi connectivity index (χ0n) is 11.5. The lowest BCUT2D eigenvalue weighted by Gasteiger charge is -2.22. The molecule has 1 aliphatic heterocycles. The van der Waals surface area contributed by atoms with Gasteiger partial charge < -0.3 is 14.6 Å². The molecular formula is C14H17N3O2S. The zero-order valence-corrected chi connectivity index (χ0v) is 12.4. The molecule has 0 aliphatic carbocycles. The van der Waals surface area contributed by atoms with E-state index >= 15 is 0 Å². The van der Waals surface area contributed by atoms with Gasteiger partial charge in [0.2, 0.25) is 0 Å². The summed E-state index contributed by atoms with van der Waals surface area (Å²) in [6.45, 7) is 3.72. The molecule has 20 heavy (non-hydrogen) atoms. The molecule has 106 valence electrons. The van der Waals surface area contributed by atoms with Gasteiger partial charge in [-0.1, -0.05) is 0 Å². The van der Waals surface area contributed by atoms with E-state index in [-0.39, 0.29) is 11.9 Å². The number of nitrogens with zero attached hydrogens (tertiary/aromatic N) is 2. The van der Waals surface area contributed by atoms with Crippen LogP contribution >= 0.6 is 11.3 Å². The van der Waals surface area contributed by atoms with E-state index < -0.39 is 0 Å². The summed E-state index contributed by atoms with van der Waals surface area (Å²) >= 11 is 1.44. The van der Waals surface area contributed by atoms with Crippen LogP contribution in [0.15, 0.2) is 21.9 Å². The molecule has 1 fully saturated rings. The number of hydrogen-bond acceptors (Lipinski definition) is 5. The van der Waals surface area contributed by atoms with Crippen molar-refractivity contribution >= 4 is 17.2 Å². The fourth-order valence-electron chi connectivity index (χ4n) is 2.35. The van der Waals surface area contributed by atoms with E-state index in [1.807, 2.05) is 26.1 Å². The van der Waals surface area contributed by atoms with Gasteiger partial charge in [0.15, 0.2) is 10.8 Å². The molecule has 0 aromatic carbocycles. The zero-order chi connectivity index (χ0) is 14.1. The lowest BCUT2D eigenvalue weighted by molar-refractivity contribution is 0.0739. The third-order valence-corrected chi connectivity index (χ3v) is 4.43. The summed E-state index contributed by atoms with van der Waals surface area (Å²) in [6, 6.07) is 4.04. The molecule has 5 nitrogen and oxygen atoms in total. The van der Waals surface area contributed by atoms with Gasteiger partial charge in [-0.3, -0.25) is 4.79 Å². The van der Waals surface area contributed by atoms with Gasteiger partial charge in [0, 0.05) is 25.0 Å². The van der Waals surface area contributed by atoms with Crippen LogP contribution in [0.1, 0.15) is 22.7 Å². The lowest BCUT2D eigenvalue weighted by Crippen LogP contribution is -2.38. The van der Waals surface area contributed by atoms with Crippen molar-refractivity contribution in [3.05, 3.63) is 29.0 Å². The second-order valence-electron chi connectivity index (χ2n) is 5.01. The van der Waals surface area contributed by atoms with E-state index in [0.717, 1.165) is 36.0 Å². The van der Waals surface area contributed by atoms with Crippen molar-refractivity contribution in [2.24, 2.45) is 0 Å². The van der Waals surface area contributed by atoms with Crippen molar-refractivity contribution in [3.63, 3.8) is 0 Å². The number of hydrogen-bond donors (Lipinski definition) is 1. The van der Waals surface area contributed by atoms with Crippen LogP contribution in [0.3, 0.4) is 0 Å². The van der Waals surface area contributed by atoms with Crippen LogP contribution in [0.4, 0.5) is 0 Å². The normalized spacial score (nSPS) is 18.4. The predicted octanol–water partition coefficient (Wildman–Crippen LogP) is 2.15. The number of amides is 1. The molecule has 3 heterocycles. The van der Waals surface area contributed by atoms with Crippen molar-refractivity contribution in [2.45, 2.75) is 19.4 Å². The van der Waals surface area contributed by atoms with Crippen LogP contribution in [0, 0.1) is 6.92 Å². The predicted molar refractivity (Wildman–Crippen MR) is 77.9 cm³/mol. The molecule has 1 N–H and O–H groups in total. The van der Waals surface area contributed by atoms with Crippen LogP contribution < -0.4 is 5.32 Å². The number of aromatic nitrogens is 1.